The highest BCUT2D eigenvalue weighted by molar-refractivity contribution is 5.40. The van der Waals surface area contributed by atoms with Gasteiger partial charge in [0.2, 0.25) is 11.9 Å². The Morgan fingerprint density at radius 1 is 1.04 bits per heavy atom. The fraction of sp³-hybridized carbons (Fsp3) is 0.471. The lowest BCUT2D eigenvalue weighted by Crippen LogP contribution is -2.26. The standard InChI is InChI=1S/C17H22N8O/c1-26-17-20-15(19-16(21-17)24-9-5-2-3-6-10-24)18-12-14-23-22-13-8-4-7-11-25(13)14/h4,7-8,11H,2-3,5-6,9-10,12H2,1H3,(H,18,19,20,21). The van der Waals surface area contributed by atoms with Crippen LogP contribution in [0.3, 0.4) is 0 Å². The van der Waals surface area contributed by atoms with Crippen molar-refractivity contribution < 1.29 is 4.74 Å². The summed E-state index contributed by atoms with van der Waals surface area (Å²) in [5, 5.41) is 11.6. The Balaban J connectivity index is 1.54. The molecule has 4 rings (SSSR count). The number of anilines is 2. The molecule has 0 spiro atoms. The molecule has 0 radical (unpaired) electrons. The second-order valence-electron chi connectivity index (χ2n) is 6.25. The van der Waals surface area contributed by atoms with E-state index < -0.39 is 0 Å². The summed E-state index contributed by atoms with van der Waals surface area (Å²) in [5.41, 5.74) is 0.808. The van der Waals surface area contributed by atoms with Gasteiger partial charge < -0.3 is 15.0 Å². The third-order valence-corrected chi connectivity index (χ3v) is 4.46. The van der Waals surface area contributed by atoms with Crippen molar-refractivity contribution in [3.05, 3.63) is 30.2 Å². The van der Waals surface area contributed by atoms with Gasteiger partial charge in [0.25, 0.3) is 0 Å². The van der Waals surface area contributed by atoms with Crippen molar-refractivity contribution in [2.24, 2.45) is 0 Å². The van der Waals surface area contributed by atoms with Crippen LogP contribution in [0, 0.1) is 0 Å². The molecule has 26 heavy (non-hydrogen) atoms. The number of pyridine rings is 1. The van der Waals surface area contributed by atoms with E-state index >= 15 is 0 Å². The van der Waals surface area contributed by atoms with Crippen LogP contribution in [0.5, 0.6) is 6.01 Å². The third-order valence-electron chi connectivity index (χ3n) is 4.46. The van der Waals surface area contributed by atoms with Crippen molar-refractivity contribution in [3.8, 4) is 6.01 Å². The van der Waals surface area contributed by atoms with E-state index in [0.29, 0.717) is 24.5 Å². The minimum atomic E-state index is 0.313. The van der Waals surface area contributed by atoms with Crippen LogP contribution in [0.25, 0.3) is 5.65 Å². The molecular formula is C17H22N8O. The van der Waals surface area contributed by atoms with Gasteiger partial charge in [-0.25, -0.2) is 0 Å². The van der Waals surface area contributed by atoms with Crippen molar-refractivity contribution in [1.29, 1.82) is 0 Å². The van der Waals surface area contributed by atoms with Crippen molar-refractivity contribution in [2.75, 3.05) is 30.4 Å². The normalized spacial score (nSPS) is 15.0. The third kappa shape index (κ3) is 3.51. The lowest BCUT2D eigenvalue weighted by Gasteiger charge is -2.20. The number of methoxy groups -OCH3 is 1. The number of ether oxygens (including phenoxy) is 1. The minimum Gasteiger partial charge on any atom is -0.467 e. The summed E-state index contributed by atoms with van der Waals surface area (Å²) in [7, 11) is 1.57. The first kappa shape index (κ1) is 16.5. The van der Waals surface area contributed by atoms with Gasteiger partial charge in [0, 0.05) is 19.3 Å². The van der Waals surface area contributed by atoms with E-state index in [1.165, 1.54) is 12.8 Å². The Morgan fingerprint density at radius 3 is 2.69 bits per heavy atom. The molecule has 0 saturated carbocycles. The summed E-state index contributed by atoms with van der Waals surface area (Å²) in [6, 6.07) is 6.11. The highest BCUT2D eigenvalue weighted by atomic mass is 16.5. The minimum absolute atomic E-state index is 0.313. The van der Waals surface area contributed by atoms with E-state index in [1.807, 2.05) is 28.8 Å². The van der Waals surface area contributed by atoms with Crippen LogP contribution < -0.4 is 15.0 Å². The van der Waals surface area contributed by atoms with E-state index in [-0.39, 0.29) is 0 Å². The number of fused-ring (bicyclic) bond motifs is 1. The molecule has 3 aromatic heterocycles. The van der Waals surface area contributed by atoms with Gasteiger partial charge in [-0.3, -0.25) is 4.40 Å². The Bertz CT molecular complexity index is 872. The zero-order chi connectivity index (χ0) is 17.8. The van der Waals surface area contributed by atoms with Gasteiger partial charge in [-0.15, -0.1) is 10.2 Å². The maximum absolute atomic E-state index is 5.26. The van der Waals surface area contributed by atoms with Crippen LogP contribution in [0.4, 0.5) is 11.9 Å². The number of hydrogen-bond donors (Lipinski definition) is 1. The summed E-state index contributed by atoms with van der Waals surface area (Å²) in [6.07, 6.45) is 6.75. The topological polar surface area (TPSA) is 93.4 Å². The summed E-state index contributed by atoms with van der Waals surface area (Å²) in [5.74, 6) is 1.92. The van der Waals surface area contributed by atoms with E-state index in [2.05, 4.69) is 35.4 Å². The zero-order valence-electron chi connectivity index (χ0n) is 14.8. The average Bonchev–Trinajstić information content (AvgIpc) is 2.90. The van der Waals surface area contributed by atoms with E-state index in [4.69, 9.17) is 4.74 Å². The first-order chi connectivity index (χ1) is 12.8. The van der Waals surface area contributed by atoms with Crippen molar-refractivity contribution >= 4 is 17.5 Å². The van der Waals surface area contributed by atoms with E-state index in [9.17, 15) is 0 Å². The summed E-state index contributed by atoms with van der Waals surface area (Å²) >= 11 is 0. The Morgan fingerprint density at radius 2 is 1.88 bits per heavy atom. The van der Waals surface area contributed by atoms with Gasteiger partial charge in [0.1, 0.15) is 0 Å². The number of rotatable bonds is 5. The fourth-order valence-electron chi connectivity index (χ4n) is 3.10. The summed E-state index contributed by atoms with van der Waals surface area (Å²) < 4.78 is 7.19. The van der Waals surface area contributed by atoms with Gasteiger partial charge in [0.05, 0.1) is 13.7 Å². The maximum Gasteiger partial charge on any atom is 0.322 e. The molecule has 0 bridgehead atoms. The van der Waals surface area contributed by atoms with Crippen molar-refractivity contribution in [1.82, 2.24) is 29.5 Å². The predicted molar refractivity (Wildman–Crippen MR) is 97.4 cm³/mol. The van der Waals surface area contributed by atoms with E-state index in [0.717, 1.165) is 37.4 Å². The van der Waals surface area contributed by atoms with Crippen LogP contribution >= 0.6 is 0 Å². The molecule has 0 aliphatic carbocycles. The molecular weight excluding hydrogens is 332 g/mol. The van der Waals surface area contributed by atoms with Crippen LogP contribution in [-0.4, -0.2) is 49.7 Å². The second-order valence-corrected chi connectivity index (χ2v) is 6.25. The number of nitrogens with zero attached hydrogens (tertiary/aromatic N) is 7. The molecule has 1 aliphatic rings. The highest BCUT2D eigenvalue weighted by Gasteiger charge is 2.16. The lowest BCUT2D eigenvalue weighted by molar-refractivity contribution is 0.378. The van der Waals surface area contributed by atoms with Gasteiger partial charge in [-0.2, -0.15) is 15.0 Å². The molecule has 0 aromatic carbocycles. The summed E-state index contributed by atoms with van der Waals surface area (Å²) in [4.78, 5) is 15.5. The molecule has 1 fully saturated rings. The van der Waals surface area contributed by atoms with E-state index in [1.54, 1.807) is 7.11 Å². The monoisotopic (exact) mass is 354 g/mol. The fourth-order valence-corrected chi connectivity index (χ4v) is 3.10. The molecule has 1 N–H and O–H groups in total. The molecule has 0 unspecified atom stereocenters. The van der Waals surface area contributed by atoms with Crippen LogP contribution in [0.1, 0.15) is 31.5 Å². The molecule has 1 aliphatic heterocycles. The summed E-state index contributed by atoms with van der Waals surface area (Å²) in [6.45, 7) is 2.38. The SMILES string of the molecule is COc1nc(NCc2nnc3ccccn23)nc(N2CCCCCC2)n1. The average molecular weight is 354 g/mol. The first-order valence-corrected chi connectivity index (χ1v) is 8.91. The van der Waals surface area contributed by atoms with Crippen LogP contribution in [0.15, 0.2) is 24.4 Å². The molecule has 1 saturated heterocycles. The number of hydrogen-bond acceptors (Lipinski definition) is 8. The molecule has 0 amide bonds. The van der Waals surface area contributed by atoms with Gasteiger partial charge in [0.15, 0.2) is 11.5 Å². The zero-order valence-corrected chi connectivity index (χ0v) is 14.8. The molecule has 9 heteroatoms. The maximum atomic E-state index is 5.26. The molecule has 136 valence electrons. The molecule has 4 heterocycles. The lowest BCUT2D eigenvalue weighted by atomic mass is 10.2. The Hall–Kier alpha value is -2.97. The van der Waals surface area contributed by atoms with Gasteiger partial charge in [-0.05, 0) is 25.0 Å². The molecule has 9 nitrogen and oxygen atoms in total. The number of aromatic nitrogens is 6. The Kier molecular flexibility index (Phi) is 4.76. The number of nitrogens with one attached hydrogen (secondary N) is 1. The second kappa shape index (κ2) is 7.51. The smallest absolute Gasteiger partial charge is 0.322 e. The molecule has 3 aromatic rings. The predicted octanol–water partition coefficient (Wildman–Crippen LogP) is 1.92. The Labute approximate surface area is 151 Å². The highest BCUT2D eigenvalue weighted by Crippen LogP contribution is 2.19. The van der Waals surface area contributed by atoms with Gasteiger partial charge in [-0.1, -0.05) is 18.9 Å². The molecule has 0 atom stereocenters. The largest absolute Gasteiger partial charge is 0.467 e. The van der Waals surface area contributed by atoms with Gasteiger partial charge >= 0.3 is 6.01 Å². The van der Waals surface area contributed by atoms with Crippen molar-refractivity contribution in [2.45, 2.75) is 32.2 Å². The first-order valence-electron chi connectivity index (χ1n) is 8.91. The van der Waals surface area contributed by atoms with Crippen LogP contribution in [0.2, 0.25) is 0 Å². The quantitative estimate of drug-likeness (QED) is 0.743. The van der Waals surface area contributed by atoms with Crippen LogP contribution in [-0.2, 0) is 6.54 Å². The van der Waals surface area contributed by atoms with Crippen molar-refractivity contribution in [3.63, 3.8) is 0 Å².